The Morgan fingerprint density at radius 3 is 2.88 bits per heavy atom. The first-order valence-electron chi connectivity index (χ1n) is 5.55. The number of halogens is 1. The molecule has 5 heteroatoms. The maximum absolute atomic E-state index is 12.1. The molecule has 1 aromatic rings. The quantitative estimate of drug-likeness (QED) is 0.832. The van der Waals surface area contributed by atoms with Crippen molar-refractivity contribution in [3.8, 4) is 0 Å². The van der Waals surface area contributed by atoms with Gasteiger partial charge in [-0.05, 0) is 12.1 Å². The molecule has 0 atom stereocenters. The summed E-state index contributed by atoms with van der Waals surface area (Å²) in [5, 5.41) is 3.12. The summed E-state index contributed by atoms with van der Waals surface area (Å²) in [6.07, 6.45) is 1.76. The maximum atomic E-state index is 12.1. The summed E-state index contributed by atoms with van der Waals surface area (Å²) in [4.78, 5) is 15.1. The fourth-order valence-corrected chi connectivity index (χ4v) is 2.84. The zero-order valence-electron chi connectivity index (χ0n) is 9.49. The molecule has 0 aliphatic carbocycles. The van der Waals surface area contributed by atoms with Gasteiger partial charge in [-0.2, -0.15) is 0 Å². The highest BCUT2D eigenvalue weighted by atomic mass is 35.5. The van der Waals surface area contributed by atoms with E-state index in [1.165, 1.54) is 11.3 Å². The molecule has 1 amide bonds. The van der Waals surface area contributed by atoms with Crippen LogP contribution in [0.25, 0.3) is 0 Å². The van der Waals surface area contributed by atoms with E-state index in [9.17, 15) is 4.79 Å². The van der Waals surface area contributed by atoms with E-state index in [1.54, 1.807) is 6.08 Å². The highest BCUT2D eigenvalue weighted by molar-refractivity contribution is 7.16. The second-order valence-electron chi connectivity index (χ2n) is 4.07. The van der Waals surface area contributed by atoms with Crippen molar-refractivity contribution in [2.45, 2.75) is 6.54 Å². The molecule has 0 unspecified atom stereocenters. The van der Waals surface area contributed by atoms with Crippen LogP contribution in [0.3, 0.4) is 0 Å². The van der Waals surface area contributed by atoms with E-state index in [1.807, 2.05) is 17.0 Å². The van der Waals surface area contributed by atoms with E-state index in [0.717, 1.165) is 22.3 Å². The third-order valence-corrected chi connectivity index (χ3v) is 3.98. The predicted molar refractivity (Wildman–Crippen MR) is 71.3 cm³/mol. The lowest BCUT2D eigenvalue weighted by atomic mass is 10.0. The second kappa shape index (κ2) is 5.67. The topological polar surface area (TPSA) is 32.3 Å². The predicted octanol–water partition coefficient (Wildman–Crippen LogP) is 2.14. The molecule has 0 saturated carbocycles. The lowest BCUT2D eigenvalue weighted by Crippen LogP contribution is -2.51. The van der Waals surface area contributed by atoms with E-state index in [-0.39, 0.29) is 11.8 Å². The molecular weight excluding hydrogens is 256 g/mol. The molecule has 0 spiro atoms. The van der Waals surface area contributed by atoms with E-state index in [0.29, 0.717) is 13.1 Å². The number of amides is 1. The fourth-order valence-electron chi connectivity index (χ4n) is 1.73. The van der Waals surface area contributed by atoms with Gasteiger partial charge in [0.1, 0.15) is 0 Å². The van der Waals surface area contributed by atoms with Crippen molar-refractivity contribution in [1.29, 1.82) is 0 Å². The van der Waals surface area contributed by atoms with Crippen LogP contribution >= 0.6 is 22.9 Å². The number of hydrogen-bond acceptors (Lipinski definition) is 3. The van der Waals surface area contributed by atoms with Gasteiger partial charge in [0.25, 0.3) is 0 Å². The Bertz CT molecular complexity index is 414. The van der Waals surface area contributed by atoms with Gasteiger partial charge in [0.05, 0.1) is 16.8 Å². The highest BCUT2D eigenvalue weighted by Gasteiger charge is 2.28. The van der Waals surface area contributed by atoms with Crippen molar-refractivity contribution < 1.29 is 4.79 Å². The lowest BCUT2D eigenvalue weighted by molar-refractivity contribution is -0.137. The maximum Gasteiger partial charge on any atom is 0.228 e. The average Bonchev–Trinajstić information content (AvgIpc) is 2.61. The molecule has 1 saturated heterocycles. The van der Waals surface area contributed by atoms with Crippen LogP contribution in [0.1, 0.15) is 4.88 Å². The van der Waals surface area contributed by atoms with Crippen molar-refractivity contribution in [2.24, 2.45) is 5.92 Å². The molecule has 2 heterocycles. The van der Waals surface area contributed by atoms with Crippen molar-refractivity contribution in [3.63, 3.8) is 0 Å². The Kier molecular flexibility index (Phi) is 4.20. The van der Waals surface area contributed by atoms with Crippen LogP contribution in [0.15, 0.2) is 24.8 Å². The second-order valence-corrected chi connectivity index (χ2v) is 5.87. The molecule has 1 aliphatic heterocycles. The molecule has 1 fully saturated rings. The Morgan fingerprint density at radius 1 is 1.65 bits per heavy atom. The molecule has 1 N–H and O–H groups in total. The number of hydrogen-bond donors (Lipinski definition) is 1. The minimum absolute atomic E-state index is 0.130. The van der Waals surface area contributed by atoms with Gasteiger partial charge in [-0.1, -0.05) is 17.7 Å². The van der Waals surface area contributed by atoms with E-state index < -0.39 is 0 Å². The molecule has 0 aromatic carbocycles. The third-order valence-electron chi connectivity index (χ3n) is 2.77. The third kappa shape index (κ3) is 3.09. The van der Waals surface area contributed by atoms with Crippen molar-refractivity contribution in [2.75, 3.05) is 19.6 Å². The molecular formula is C12H15ClN2OS. The van der Waals surface area contributed by atoms with Crippen LogP contribution in [0.4, 0.5) is 0 Å². The summed E-state index contributed by atoms with van der Waals surface area (Å²) in [6, 6.07) is 3.83. The van der Waals surface area contributed by atoms with Crippen molar-refractivity contribution in [3.05, 3.63) is 34.0 Å². The van der Waals surface area contributed by atoms with Gasteiger partial charge in [0, 0.05) is 24.5 Å². The van der Waals surface area contributed by atoms with Crippen LogP contribution < -0.4 is 5.32 Å². The van der Waals surface area contributed by atoms with Gasteiger partial charge in [0.2, 0.25) is 5.91 Å². The largest absolute Gasteiger partial charge is 0.334 e. The van der Waals surface area contributed by atoms with Gasteiger partial charge in [-0.15, -0.1) is 17.9 Å². The molecule has 0 radical (unpaired) electrons. The minimum atomic E-state index is 0.130. The molecule has 1 aromatic heterocycles. The summed E-state index contributed by atoms with van der Waals surface area (Å²) in [5.74, 6) is 0.332. The molecule has 17 heavy (non-hydrogen) atoms. The smallest absolute Gasteiger partial charge is 0.228 e. The zero-order chi connectivity index (χ0) is 12.3. The monoisotopic (exact) mass is 270 g/mol. The van der Waals surface area contributed by atoms with Gasteiger partial charge in [-0.25, -0.2) is 0 Å². The van der Waals surface area contributed by atoms with Crippen molar-refractivity contribution >= 4 is 28.8 Å². The fraction of sp³-hybridized carbons (Fsp3) is 0.417. The van der Waals surface area contributed by atoms with Crippen LogP contribution in [0, 0.1) is 5.92 Å². The van der Waals surface area contributed by atoms with Gasteiger partial charge in [0.15, 0.2) is 0 Å². The SMILES string of the molecule is C=CCN(Cc1ccc(Cl)s1)C(=O)C1CNC1. The van der Waals surface area contributed by atoms with E-state index in [4.69, 9.17) is 11.6 Å². The van der Waals surface area contributed by atoms with Gasteiger partial charge >= 0.3 is 0 Å². The zero-order valence-corrected chi connectivity index (χ0v) is 11.1. The Morgan fingerprint density at radius 2 is 2.41 bits per heavy atom. The molecule has 3 nitrogen and oxygen atoms in total. The summed E-state index contributed by atoms with van der Waals surface area (Å²) < 4.78 is 0.760. The van der Waals surface area contributed by atoms with Crippen LogP contribution in [0.2, 0.25) is 4.34 Å². The van der Waals surface area contributed by atoms with Crippen molar-refractivity contribution in [1.82, 2.24) is 10.2 Å². The van der Waals surface area contributed by atoms with Crippen LogP contribution in [-0.4, -0.2) is 30.4 Å². The van der Waals surface area contributed by atoms with Crippen LogP contribution in [-0.2, 0) is 11.3 Å². The Labute approximate surface area is 110 Å². The summed E-state index contributed by atoms with van der Waals surface area (Å²) in [7, 11) is 0. The summed E-state index contributed by atoms with van der Waals surface area (Å²) >= 11 is 7.40. The number of carbonyl (C=O) groups excluding carboxylic acids is 1. The first kappa shape index (κ1) is 12.6. The lowest BCUT2D eigenvalue weighted by Gasteiger charge is -2.31. The first-order chi connectivity index (χ1) is 8.20. The molecule has 0 bridgehead atoms. The van der Waals surface area contributed by atoms with E-state index >= 15 is 0 Å². The summed E-state index contributed by atoms with van der Waals surface area (Å²) in [6.45, 7) is 6.49. The number of thiophene rings is 1. The highest BCUT2D eigenvalue weighted by Crippen LogP contribution is 2.23. The Hall–Kier alpha value is -0.840. The number of rotatable bonds is 5. The van der Waals surface area contributed by atoms with Gasteiger partial charge in [-0.3, -0.25) is 4.79 Å². The first-order valence-corrected chi connectivity index (χ1v) is 6.74. The standard InChI is InChI=1S/C12H15ClN2OS/c1-2-5-15(12(16)9-6-14-7-9)8-10-3-4-11(13)17-10/h2-4,9,14H,1,5-8H2. The number of nitrogens with one attached hydrogen (secondary N) is 1. The van der Waals surface area contributed by atoms with Gasteiger partial charge < -0.3 is 10.2 Å². The number of carbonyl (C=O) groups is 1. The number of nitrogens with zero attached hydrogens (tertiary/aromatic N) is 1. The summed E-state index contributed by atoms with van der Waals surface area (Å²) in [5.41, 5.74) is 0. The average molecular weight is 271 g/mol. The minimum Gasteiger partial charge on any atom is -0.334 e. The van der Waals surface area contributed by atoms with E-state index in [2.05, 4.69) is 11.9 Å². The normalized spacial score (nSPS) is 15.4. The molecule has 92 valence electrons. The van der Waals surface area contributed by atoms with Crippen LogP contribution in [0.5, 0.6) is 0 Å². The molecule has 2 rings (SSSR count). The molecule has 1 aliphatic rings. The Balaban J connectivity index is 2.00.